The van der Waals surface area contributed by atoms with Gasteiger partial charge in [-0.05, 0) is 25.5 Å². The molecule has 0 radical (unpaired) electrons. The predicted molar refractivity (Wildman–Crippen MR) is 58.3 cm³/mol. The van der Waals surface area contributed by atoms with Gasteiger partial charge in [-0.15, -0.1) is 0 Å². The Morgan fingerprint density at radius 1 is 1.60 bits per heavy atom. The molecule has 0 aliphatic heterocycles. The van der Waals surface area contributed by atoms with Crippen LogP contribution in [0.2, 0.25) is 0 Å². The van der Waals surface area contributed by atoms with Gasteiger partial charge in [0.1, 0.15) is 6.61 Å². The summed E-state index contributed by atoms with van der Waals surface area (Å²) in [5.41, 5.74) is 1.09. The summed E-state index contributed by atoms with van der Waals surface area (Å²) in [6, 6.07) is 1.98. The summed E-state index contributed by atoms with van der Waals surface area (Å²) in [5, 5.41) is 2.79. The first-order valence-electron chi connectivity index (χ1n) is 5.07. The van der Waals surface area contributed by atoms with Crippen LogP contribution in [0.1, 0.15) is 19.4 Å². The maximum atomic E-state index is 11.3. The molecule has 0 unspecified atom stereocenters. The van der Waals surface area contributed by atoms with Gasteiger partial charge in [-0.2, -0.15) is 0 Å². The van der Waals surface area contributed by atoms with Gasteiger partial charge in [0.05, 0.1) is 6.10 Å². The van der Waals surface area contributed by atoms with E-state index in [1.165, 1.54) is 0 Å². The van der Waals surface area contributed by atoms with E-state index in [1.807, 2.05) is 43.9 Å². The molecule has 0 bridgehead atoms. The molecule has 0 saturated heterocycles. The van der Waals surface area contributed by atoms with Gasteiger partial charge in [0.25, 0.3) is 0 Å². The van der Waals surface area contributed by atoms with Crippen molar-refractivity contribution in [2.24, 2.45) is 7.05 Å². The van der Waals surface area contributed by atoms with Crippen LogP contribution in [-0.2, 0) is 23.1 Å². The molecule has 1 N–H and O–H groups in total. The Kier molecular flexibility index (Phi) is 4.37. The highest BCUT2D eigenvalue weighted by Crippen LogP contribution is 1.98. The van der Waals surface area contributed by atoms with Crippen LogP contribution in [0.3, 0.4) is 0 Å². The van der Waals surface area contributed by atoms with Crippen molar-refractivity contribution in [3.63, 3.8) is 0 Å². The molecule has 0 atom stereocenters. The summed E-state index contributed by atoms with van der Waals surface area (Å²) >= 11 is 0. The number of hydrogen-bond donors (Lipinski definition) is 1. The van der Waals surface area contributed by atoms with Gasteiger partial charge in [-0.3, -0.25) is 4.79 Å². The van der Waals surface area contributed by atoms with Crippen LogP contribution in [-0.4, -0.2) is 23.2 Å². The molecule has 1 rings (SSSR count). The van der Waals surface area contributed by atoms with E-state index in [9.17, 15) is 4.79 Å². The SMILES string of the molecule is CC(C)OCC(=O)NCc1ccn(C)c1. The summed E-state index contributed by atoms with van der Waals surface area (Å²) in [7, 11) is 1.95. The Hall–Kier alpha value is -1.29. The molecule has 1 aromatic rings. The van der Waals surface area contributed by atoms with E-state index in [-0.39, 0.29) is 18.6 Å². The quantitative estimate of drug-likeness (QED) is 0.790. The van der Waals surface area contributed by atoms with Crippen LogP contribution in [0.4, 0.5) is 0 Å². The molecule has 0 aromatic carbocycles. The number of ether oxygens (including phenoxy) is 1. The molecule has 4 heteroatoms. The molecule has 4 nitrogen and oxygen atoms in total. The smallest absolute Gasteiger partial charge is 0.246 e. The number of aryl methyl sites for hydroxylation is 1. The largest absolute Gasteiger partial charge is 0.369 e. The van der Waals surface area contributed by atoms with Gasteiger partial charge in [0.2, 0.25) is 5.91 Å². The van der Waals surface area contributed by atoms with Crippen LogP contribution in [0.5, 0.6) is 0 Å². The van der Waals surface area contributed by atoms with Crippen molar-refractivity contribution in [2.45, 2.75) is 26.5 Å². The fraction of sp³-hybridized carbons (Fsp3) is 0.545. The number of nitrogens with zero attached hydrogens (tertiary/aromatic N) is 1. The van der Waals surface area contributed by atoms with Gasteiger partial charge >= 0.3 is 0 Å². The zero-order valence-corrected chi connectivity index (χ0v) is 9.49. The second kappa shape index (κ2) is 5.56. The van der Waals surface area contributed by atoms with Crippen molar-refractivity contribution in [1.82, 2.24) is 9.88 Å². The van der Waals surface area contributed by atoms with Crippen LogP contribution in [0.15, 0.2) is 18.5 Å². The predicted octanol–water partition coefficient (Wildman–Crippen LogP) is 1.07. The monoisotopic (exact) mass is 210 g/mol. The fourth-order valence-electron chi connectivity index (χ4n) is 1.16. The average molecular weight is 210 g/mol. The van der Waals surface area contributed by atoms with Crippen molar-refractivity contribution >= 4 is 5.91 Å². The third-order valence-electron chi connectivity index (χ3n) is 1.93. The average Bonchev–Trinajstić information content (AvgIpc) is 2.58. The number of nitrogens with one attached hydrogen (secondary N) is 1. The Balaban J connectivity index is 2.22. The molecule has 84 valence electrons. The lowest BCUT2D eigenvalue weighted by Gasteiger charge is -2.07. The lowest BCUT2D eigenvalue weighted by atomic mass is 10.3. The number of aromatic nitrogens is 1. The van der Waals surface area contributed by atoms with Gasteiger partial charge in [0.15, 0.2) is 0 Å². The minimum absolute atomic E-state index is 0.0763. The zero-order chi connectivity index (χ0) is 11.3. The topological polar surface area (TPSA) is 43.3 Å². The minimum Gasteiger partial charge on any atom is -0.369 e. The van der Waals surface area contributed by atoms with Crippen LogP contribution in [0.25, 0.3) is 0 Å². The highest BCUT2D eigenvalue weighted by atomic mass is 16.5. The molecule has 0 aliphatic rings. The molecule has 0 aliphatic carbocycles. The Labute approximate surface area is 90.2 Å². The zero-order valence-electron chi connectivity index (χ0n) is 9.49. The van der Waals surface area contributed by atoms with E-state index < -0.39 is 0 Å². The first kappa shape index (κ1) is 11.8. The van der Waals surface area contributed by atoms with E-state index in [1.54, 1.807) is 0 Å². The van der Waals surface area contributed by atoms with E-state index in [4.69, 9.17) is 4.74 Å². The van der Waals surface area contributed by atoms with Crippen LogP contribution in [0, 0.1) is 0 Å². The van der Waals surface area contributed by atoms with Crippen molar-refractivity contribution in [2.75, 3.05) is 6.61 Å². The van der Waals surface area contributed by atoms with E-state index in [0.717, 1.165) is 5.56 Å². The van der Waals surface area contributed by atoms with Gasteiger partial charge in [0, 0.05) is 26.0 Å². The van der Waals surface area contributed by atoms with Gasteiger partial charge in [-0.25, -0.2) is 0 Å². The number of hydrogen-bond acceptors (Lipinski definition) is 2. The molecular weight excluding hydrogens is 192 g/mol. The van der Waals surface area contributed by atoms with Crippen molar-refractivity contribution < 1.29 is 9.53 Å². The summed E-state index contributed by atoms with van der Waals surface area (Å²) < 4.78 is 7.13. The molecule has 0 spiro atoms. The number of amides is 1. The third-order valence-corrected chi connectivity index (χ3v) is 1.93. The molecule has 15 heavy (non-hydrogen) atoms. The number of carbonyl (C=O) groups is 1. The Morgan fingerprint density at radius 2 is 2.33 bits per heavy atom. The highest BCUT2D eigenvalue weighted by molar-refractivity contribution is 5.77. The first-order valence-corrected chi connectivity index (χ1v) is 5.07. The molecule has 1 amide bonds. The second-order valence-electron chi connectivity index (χ2n) is 3.82. The highest BCUT2D eigenvalue weighted by Gasteiger charge is 2.03. The Morgan fingerprint density at radius 3 is 2.87 bits per heavy atom. The van der Waals surface area contributed by atoms with E-state index in [0.29, 0.717) is 6.54 Å². The van der Waals surface area contributed by atoms with Crippen LogP contribution < -0.4 is 5.32 Å². The number of carbonyl (C=O) groups excluding carboxylic acids is 1. The maximum Gasteiger partial charge on any atom is 0.246 e. The Bertz CT molecular complexity index is 318. The van der Waals surface area contributed by atoms with E-state index in [2.05, 4.69) is 5.32 Å². The van der Waals surface area contributed by atoms with Crippen molar-refractivity contribution in [3.8, 4) is 0 Å². The number of rotatable bonds is 5. The van der Waals surface area contributed by atoms with Crippen LogP contribution >= 0.6 is 0 Å². The third kappa shape index (κ3) is 4.65. The molecule has 1 heterocycles. The summed E-state index contributed by atoms with van der Waals surface area (Å²) in [5.74, 6) is -0.0763. The summed E-state index contributed by atoms with van der Waals surface area (Å²) in [6.07, 6.45) is 4.02. The summed E-state index contributed by atoms with van der Waals surface area (Å²) in [4.78, 5) is 11.3. The lowest BCUT2D eigenvalue weighted by Crippen LogP contribution is -2.28. The lowest BCUT2D eigenvalue weighted by molar-refractivity contribution is -0.127. The summed E-state index contributed by atoms with van der Waals surface area (Å²) in [6.45, 7) is 4.50. The normalized spacial score (nSPS) is 10.7. The minimum atomic E-state index is -0.0763. The fourth-order valence-corrected chi connectivity index (χ4v) is 1.16. The van der Waals surface area contributed by atoms with Crippen molar-refractivity contribution in [1.29, 1.82) is 0 Å². The molecule has 0 fully saturated rings. The van der Waals surface area contributed by atoms with Gasteiger partial charge < -0.3 is 14.6 Å². The van der Waals surface area contributed by atoms with E-state index >= 15 is 0 Å². The maximum absolute atomic E-state index is 11.3. The van der Waals surface area contributed by atoms with Gasteiger partial charge in [-0.1, -0.05) is 0 Å². The molecular formula is C11H18N2O2. The molecule has 0 saturated carbocycles. The first-order chi connectivity index (χ1) is 7.08. The second-order valence-corrected chi connectivity index (χ2v) is 3.82. The molecule has 1 aromatic heterocycles. The van der Waals surface area contributed by atoms with Crippen molar-refractivity contribution in [3.05, 3.63) is 24.0 Å². The standard InChI is InChI=1S/C11H18N2O2/c1-9(2)15-8-11(14)12-6-10-4-5-13(3)7-10/h4-5,7,9H,6,8H2,1-3H3,(H,12,14).